The molecule has 18 heavy (non-hydrogen) atoms. The Morgan fingerprint density at radius 3 is 2.78 bits per heavy atom. The minimum atomic E-state index is -0.0879. The third-order valence-corrected chi connectivity index (χ3v) is 3.44. The van der Waals surface area contributed by atoms with Crippen LogP contribution in [-0.2, 0) is 4.79 Å². The lowest BCUT2D eigenvalue weighted by Gasteiger charge is -2.34. The van der Waals surface area contributed by atoms with Crippen molar-refractivity contribution < 1.29 is 4.79 Å². The van der Waals surface area contributed by atoms with Crippen molar-refractivity contribution in [3.8, 4) is 0 Å². The lowest BCUT2D eigenvalue weighted by atomic mass is 10.0. The van der Waals surface area contributed by atoms with E-state index in [1.165, 1.54) is 0 Å². The van der Waals surface area contributed by atoms with Crippen LogP contribution in [0.3, 0.4) is 0 Å². The van der Waals surface area contributed by atoms with Crippen LogP contribution in [0.5, 0.6) is 0 Å². The summed E-state index contributed by atoms with van der Waals surface area (Å²) in [6.45, 7) is 4.86. The zero-order chi connectivity index (χ0) is 13.1. The molecule has 1 heterocycles. The van der Waals surface area contributed by atoms with Crippen molar-refractivity contribution in [1.29, 1.82) is 0 Å². The summed E-state index contributed by atoms with van der Waals surface area (Å²) >= 11 is 6.16. The molecule has 0 radical (unpaired) electrons. The molecule has 1 aliphatic heterocycles. The fourth-order valence-electron chi connectivity index (χ4n) is 2.34. The van der Waals surface area contributed by atoms with Gasteiger partial charge in [-0.1, -0.05) is 37.6 Å². The highest BCUT2D eigenvalue weighted by Gasteiger charge is 2.30. The Labute approximate surface area is 113 Å². The second-order valence-corrected chi connectivity index (χ2v) is 5.36. The van der Waals surface area contributed by atoms with Gasteiger partial charge in [-0.3, -0.25) is 4.79 Å². The molecule has 3 nitrogen and oxygen atoms in total. The van der Waals surface area contributed by atoms with Gasteiger partial charge in [0.1, 0.15) is 0 Å². The number of piperidine rings is 1. The molecule has 1 aliphatic rings. The van der Waals surface area contributed by atoms with E-state index in [0.717, 1.165) is 25.1 Å². The van der Waals surface area contributed by atoms with Gasteiger partial charge in [-0.25, -0.2) is 0 Å². The number of carbonyl (C=O) groups is 1. The summed E-state index contributed by atoms with van der Waals surface area (Å²) in [6, 6.07) is 7.74. The van der Waals surface area contributed by atoms with Crippen LogP contribution in [0, 0.1) is 0 Å². The number of hydrogen-bond acceptors (Lipinski definition) is 2. The molecule has 0 saturated carbocycles. The number of anilines is 1. The van der Waals surface area contributed by atoms with Gasteiger partial charge in [0.2, 0.25) is 5.91 Å². The van der Waals surface area contributed by atoms with E-state index in [2.05, 4.69) is 19.2 Å². The summed E-state index contributed by atoms with van der Waals surface area (Å²) in [5, 5.41) is 3.95. The number of halogens is 1. The molecule has 1 aromatic rings. The highest BCUT2D eigenvalue weighted by atomic mass is 35.5. The molecule has 1 amide bonds. The van der Waals surface area contributed by atoms with Gasteiger partial charge in [-0.05, 0) is 25.0 Å². The van der Waals surface area contributed by atoms with E-state index in [1.807, 2.05) is 24.3 Å². The van der Waals surface area contributed by atoms with Crippen LogP contribution in [0.25, 0.3) is 0 Å². The van der Waals surface area contributed by atoms with Crippen molar-refractivity contribution in [3.05, 3.63) is 29.3 Å². The summed E-state index contributed by atoms with van der Waals surface area (Å²) in [5.41, 5.74) is 0.819. The normalized spacial score (nSPS) is 20.6. The second-order valence-electron chi connectivity index (χ2n) is 4.96. The molecule has 0 bridgehead atoms. The van der Waals surface area contributed by atoms with Crippen molar-refractivity contribution >= 4 is 23.2 Å². The number of nitrogens with zero attached hydrogens (tertiary/aromatic N) is 1. The first-order valence-corrected chi connectivity index (χ1v) is 6.79. The van der Waals surface area contributed by atoms with Crippen molar-refractivity contribution in [2.75, 3.05) is 11.4 Å². The molecule has 1 N–H and O–H groups in total. The Balaban J connectivity index is 2.19. The third kappa shape index (κ3) is 2.85. The van der Waals surface area contributed by atoms with Crippen molar-refractivity contribution in [3.63, 3.8) is 0 Å². The fourth-order valence-corrected chi connectivity index (χ4v) is 2.58. The second kappa shape index (κ2) is 5.72. The summed E-state index contributed by atoms with van der Waals surface area (Å²) in [4.78, 5) is 14.2. The molecular weight excluding hydrogens is 248 g/mol. The van der Waals surface area contributed by atoms with E-state index in [0.29, 0.717) is 11.1 Å². The first kappa shape index (κ1) is 13.4. The van der Waals surface area contributed by atoms with Crippen LogP contribution in [0.15, 0.2) is 24.3 Å². The van der Waals surface area contributed by atoms with Gasteiger partial charge in [0.05, 0.1) is 16.8 Å². The van der Waals surface area contributed by atoms with Gasteiger partial charge in [0.25, 0.3) is 0 Å². The monoisotopic (exact) mass is 266 g/mol. The molecule has 0 aromatic heterocycles. The van der Waals surface area contributed by atoms with E-state index < -0.39 is 0 Å². The first-order valence-electron chi connectivity index (χ1n) is 6.41. The summed E-state index contributed by atoms with van der Waals surface area (Å²) in [6.07, 6.45) is 1.90. The molecule has 1 saturated heterocycles. The van der Waals surface area contributed by atoms with Crippen molar-refractivity contribution in [1.82, 2.24) is 5.32 Å². The zero-order valence-corrected chi connectivity index (χ0v) is 11.6. The van der Waals surface area contributed by atoms with Gasteiger partial charge >= 0.3 is 0 Å². The Morgan fingerprint density at radius 1 is 1.39 bits per heavy atom. The molecule has 98 valence electrons. The Bertz CT molecular complexity index is 434. The van der Waals surface area contributed by atoms with Crippen LogP contribution >= 0.6 is 11.6 Å². The fraction of sp³-hybridized carbons (Fsp3) is 0.500. The topological polar surface area (TPSA) is 32.3 Å². The molecule has 0 spiro atoms. The first-order chi connectivity index (χ1) is 8.59. The number of rotatable bonds is 3. The lowest BCUT2D eigenvalue weighted by molar-refractivity contribution is -0.121. The Hall–Kier alpha value is -1.06. The van der Waals surface area contributed by atoms with E-state index in [1.54, 1.807) is 4.90 Å². The standard InChI is InChI=1S/C14H19ClN2O/c1-10(2)16-12-7-5-9-17(14(12)18)13-8-4-3-6-11(13)15/h3-4,6,8,10,12,16H,5,7,9H2,1-2H3. The quantitative estimate of drug-likeness (QED) is 0.912. The van der Waals surface area contributed by atoms with Crippen LogP contribution < -0.4 is 10.2 Å². The largest absolute Gasteiger partial charge is 0.310 e. The average Bonchev–Trinajstić information content (AvgIpc) is 2.32. The predicted molar refractivity (Wildman–Crippen MR) is 75.1 cm³/mol. The van der Waals surface area contributed by atoms with E-state index in [4.69, 9.17) is 11.6 Å². The smallest absolute Gasteiger partial charge is 0.244 e. The zero-order valence-electron chi connectivity index (χ0n) is 10.8. The highest BCUT2D eigenvalue weighted by molar-refractivity contribution is 6.33. The summed E-state index contributed by atoms with van der Waals surface area (Å²) < 4.78 is 0. The highest BCUT2D eigenvalue weighted by Crippen LogP contribution is 2.28. The number of nitrogens with one attached hydrogen (secondary N) is 1. The maximum atomic E-state index is 12.4. The van der Waals surface area contributed by atoms with Gasteiger partial charge in [-0.2, -0.15) is 0 Å². The molecule has 1 aromatic carbocycles. The van der Waals surface area contributed by atoms with Gasteiger partial charge in [0.15, 0.2) is 0 Å². The molecule has 4 heteroatoms. The Morgan fingerprint density at radius 2 is 2.11 bits per heavy atom. The van der Waals surface area contributed by atoms with Crippen LogP contribution in [0.2, 0.25) is 5.02 Å². The number of benzene rings is 1. The van der Waals surface area contributed by atoms with Gasteiger partial charge in [0, 0.05) is 12.6 Å². The van der Waals surface area contributed by atoms with E-state index >= 15 is 0 Å². The average molecular weight is 267 g/mol. The number of para-hydroxylation sites is 1. The Kier molecular flexibility index (Phi) is 4.25. The lowest BCUT2D eigenvalue weighted by Crippen LogP contribution is -2.52. The van der Waals surface area contributed by atoms with E-state index in [9.17, 15) is 4.79 Å². The molecule has 1 atom stereocenters. The summed E-state index contributed by atoms with van der Waals surface area (Å²) in [5.74, 6) is 0.128. The maximum Gasteiger partial charge on any atom is 0.244 e. The van der Waals surface area contributed by atoms with Crippen molar-refractivity contribution in [2.24, 2.45) is 0 Å². The third-order valence-electron chi connectivity index (χ3n) is 3.12. The summed E-state index contributed by atoms with van der Waals surface area (Å²) in [7, 11) is 0. The maximum absolute atomic E-state index is 12.4. The molecule has 1 fully saturated rings. The van der Waals surface area contributed by atoms with Crippen LogP contribution in [0.1, 0.15) is 26.7 Å². The number of hydrogen-bond donors (Lipinski definition) is 1. The minimum absolute atomic E-state index is 0.0879. The SMILES string of the molecule is CC(C)NC1CCCN(c2ccccc2Cl)C1=O. The van der Waals surface area contributed by atoms with Crippen LogP contribution in [-0.4, -0.2) is 24.5 Å². The molecule has 0 aliphatic carbocycles. The predicted octanol–water partition coefficient (Wildman–Crippen LogP) is 2.83. The van der Waals surface area contributed by atoms with Crippen molar-refractivity contribution in [2.45, 2.75) is 38.8 Å². The molecule has 2 rings (SSSR count). The van der Waals surface area contributed by atoms with E-state index in [-0.39, 0.29) is 11.9 Å². The molecular formula is C14H19ClN2O. The number of amides is 1. The van der Waals surface area contributed by atoms with Gasteiger partial charge < -0.3 is 10.2 Å². The van der Waals surface area contributed by atoms with Crippen LogP contribution in [0.4, 0.5) is 5.69 Å². The molecule has 1 unspecified atom stereocenters. The minimum Gasteiger partial charge on any atom is -0.310 e. The van der Waals surface area contributed by atoms with Gasteiger partial charge in [-0.15, -0.1) is 0 Å². The number of carbonyl (C=O) groups excluding carboxylic acids is 1.